The number of nitrogens with zero attached hydrogens (tertiary/aromatic N) is 1. The van der Waals surface area contributed by atoms with Crippen molar-refractivity contribution in [1.82, 2.24) is 4.90 Å². The average Bonchev–Trinajstić information content (AvgIpc) is 3.20. The number of hydrogen-bond donors (Lipinski definition) is 1. The van der Waals surface area contributed by atoms with Gasteiger partial charge in [0.15, 0.2) is 11.5 Å². The van der Waals surface area contributed by atoms with Crippen molar-refractivity contribution < 1.29 is 14.7 Å². The van der Waals surface area contributed by atoms with Crippen LogP contribution in [0.3, 0.4) is 0 Å². The summed E-state index contributed by atoms with van der Waals surface area (Å²) in [5.41, 5.74) is 0.707. The van der Waals surface area contributed by atoms with E-state index in [9.17, 15) is 14.7 Å². The predicted molar refractivity (Wildman–Crippen MR) is 95.0 cm³/mol. The molecule has 0 spiro atoms. The van der Waals surface area contributed by atoms with Crippen molar-refractivity contribution in [3.8, 4) is 0 Å². The molecule has 1 atom stereocenters. The average molecular weight is 347 g/mol. The van der Waals surface area contributed by atoms with E-state index in [1.54, 1.807) is 16.2 Å². The lowest BCUT2D eigenvalue weighted by Gasteiger charge is -2.32. The molecule has 1 N–H and O–H groups in total. The van der Waals surface area contributed by atoms with Crippen LogP contribution in [-0.2, 0) is 9.59 Å². The fourth-order valence-corrected chi connectivity index (χ4v) is 4.77. The van der Waals surface area contributed by atoms with E-state index in [0.29, 0.717) is 0 Å². The number of carbonyl (C=O) groups excluding carboxylic acids is 2. The van der Waals surface area contributed by atoms with Gasteiger partial charge in [-0.05, 0) is 36.8 Å². The number of aryl methyl sites for hydroxylation is 1. The van der Waals surface area contributed by atoms with Crippen molar-refractivity contribution in [3.63, 3.8) is 0 Å². The minimum absolute atomic E-state index is 0.108. The highest BCUT2D eigenvalue weighted by molar-refractivity contribution is 7.10. The molecule has 5 heteroatoms. The summed E-state index contributed by atoms with van der Waals surface area (Å²) >= 11 is 1.55. The highest BCUT2D eigenvalue weighted by Gasteiger charge is 2.49. The summed E-state index contributed by atoms with van der Waals surface area (Å²) in [6.07, 6.45) is 4.07. The largest absolute Gasteiger partial charge is 0.503 e. The number of carbonyl (C=O) groups is 2. The fraction of sp³-hybridized carbons (Fsp3) is 0.579. The molecule has 4 nitrogen and oxygen atoms in total. The van der Waals surface area contributed by atoms with Crippen LogP contribution in [0.2, 0.25) is 0 Å². The maximum absolute atomic E-state index is 13.0. The molecular weight excluding hydrogens is 322 g/mol. The van der Waals surface area contributed by atoms with E-state index >= 15 is 0 Å². The molecule has 3 rings (SSSR count). The molecule has 0 saturated heterocycles. The van der Waals surface area contributed by atoms with Gasteiger partial charge >= 0.3 is 0 Å². The number of aliphatic hydroxyl groups excluding tert-OH is 1. The van der Waals surface area contributed by atoms with Crippen molar-refractivity contribution in [2.24, 2.45) is 5.41 Å². The molecule has 130 valence electrons. The van der Waals surface area contributed by atoms with Crippen molar-refractivity contribution in [1.29, 1.82) is 0 Å². The second kappa shape index (κ2) is 6.03. The zero-order valence-corrected chi connectivity index (χ0v) is 15.6. The number of hydrogen-bond acceptors (Lipinski definition) is 4. The van der Waals surface area contributed by atoms with Crippen molar-refractivity contribution in [2.75, 3.05) is 0 Å². The van der Waals surface area contributed by atoms with Crippen LogP contribution in [0.25, 0.3) is 0 Å². The van der Waals surface area contributed by atoms with Crippen molar-refractivity contribution in [2.45, 2.75) is 65.5 Å². The fourth-order valence-electron chi connectivity index (χ4n) is 3.74. The number of Topliss-reactive ketones (excluding diaryl/α,β-unsaturated/α-hetero) is 1. The Morgan fingerprint density at radius 3 is 2.42 bits per heavy atom. The van der Waals surface area contributed by atoms with Gasteiger partial charge in [0.05, 0.1) is 11.6 Å². The first kappa shape index (κ1) is 17.2. The molecule has 1 aliphatic heterocycles. The van der Waals surface area contributed by atoms with E-state index in [1.807, 2.05) is 39.1 Å². The summed E-state index contributed by atoms with van der Waals surface area (Å²) in [5, 5.41) is 12.5. The van der Waals surface area contributed by atoms with Crippen molar-refractivity contribution >= 4 is 23.0 Å². The molecule has 1 aromatic heterocycles. The van der Waals surface area contributed by atoms with Gasteiger partial charge in [0.2, 0.25) is 0 Å². The third-order valence-corrected chi connectivity index (χ3v) is 6.11. The summed E-state index contributed by atoms with van der Waals surface area (Å²) in [6, 6.07) is 1.68. The van der Waals surface area contributed by atoms with Crippen LogP contribution in [0.1, 0.15) is 62.9 Å². The molecule has 2 heterocycles. The van der Waals surface area contributed by atoms with Crippen LogP contribution in [0.15, 0.2) is 22.8 Å². The second-order valence-corrected chi connectivity index (χ2v) is 8.81. The normalized spacial score (nSPS) is 22.8. The number of ketones is 1. The number of thiophene rings is 1. The molecule has 0 aromatic carbocycles. The number of amides is 1. The SMILES string of the molecule is Cc1ccsc1C1C(C(=O)C(C)(C)C)=C(O)C(=O)N1C1CCCC1. The summed E-state index contributed by atoms with van der Waals surface area (Å²) in [5.74, 6) is -0.876. The zero-order valence-electron chi connectivity index (χ0n) is 14.8. The van der Waals surface area contributed by atoms with Gasteiger partial charge in [-0.25, -0.2) is 0 Å². The monoisotopic (exact) mass is 347 g/mol. The molecule has 1 aromatic rings. The van der Waals surface area contributed by atoms with Crippen LogP contribution in [0, 0.1) is 12.3 Å². The third-order valence-electron chi connectivity index (χ3n) is 5.04. The molecule has 1 saturated carbocycles. The number of aliphatic hydroxyl groups is 1. The third kappa shape index (κ3) is 2.69. The first-order chi connectivity index (χ1) is 11.2. The maximum Gasteiger partial charge on any atom is 0.290 e. The van der Waals surface area contributed by atoms with Gasteiger partial charge in [-0.1, -0.05) is 33.6 Å². The van der Waals surface area contributed by atoms with E-state index in [0.717, 1.165) is 36.1 Å². The molecule has 1 aliphatic carbocycles. The quantitative estimate of drug-likeness (QED) is 0.886. The minimum atomic E-state index is -0.640. The Hall–Kier alpha value is -1.62. The summed E-state index contributed by atoms with van der Waals surface area (Å²) in [4.78, 5) is 28.6. The summed E-state index contributed by atoms with van der Waals surface area (Å²) in [6.45, 7) is 7.49. The Morgan fingerprint density at radius 2 is 1.92 bits per heavy atom. The Balaban J connectivity index is 2.12. The Kier molecular flexibility index (Phi) is 4.32. The summed E-state index contributed by atoms with van der Waals surface area (Å²) < 4.78 is 0. The van der Waals surface area contributed by atoms with Crippen LogP contribution in [-0.4, -0.2) is 27.7 Å². The van der Waals surface area contributed by atoms with Gasteiger partial charge in [0.1, 0.15) is 0 Å². The molecule has 1 fully saturated rings. The topological polar surface area (TPSA) is 57.6 Å². The summed E-state index contributed by atoms with van der Waals surface area (Å²) in [7, 11) is 0. The van der Waals surface area contributed by atoms with E-state index in [2.05, 4.69) is 0 Å². The van der Waals surface area contributed by atoms with Gasteiger partial charge in [-0.15, -0.1) is 11.3 Å². The first-order valence-corrected chi connectivity index (χ1v) is 9.46. The van der Waals surface area contributed by atoms with Crippen LogP contribution in [0.5, 0.6) is 0 Å². The van der Waals surface area contributed by atoms with Crippen LogP contribution in [0.4, 0.5) is 0 Å². The zero-order chi connectivity index (χ0) is 17.6. The standard InChI is InChI=1S/C19H25NO3S/c1-11-9-10-24-16(11)14-13(17(22)19(2,3)4)15(21)18(23)20(14)12-7-5-6-8-12/h9-10,12,14,21H,5-8H2,1-4H3. The van der Waals surface area contributed by atoms with E-state index < -0.39 is 11.5 Å². The van der Waals surface area contributed by atoms with Crippen molar-refractivity contribution in [3.05, 3.63) is 33.2 Å². The number of rotatable bonds is 3. The lowest BCUT2D eigenvalue weighted by Crippen LogP contribution is -2.39. The van der Waals surface area contributed by atoms with Crippen LogP contribution >= 0.6 is 11.3 Å². The smallest absolute Gasteiger partial charge is 0.290 e. The van der Waals surface area contributed by atoms with Gasteiger partial charge in [0.25, 0.3) is 5.91 Å². The minimum Gasteiger partial charge on any atom is -0.503 e. The molecule has 2 aliphatic rings. The predicted octanol–water partition coefficient (Wildman–Crippen LogP) is 4.31. The lowest BCUT2D eigenvalue weighted by molar-refractivity contribution is -0.131. The lowest BCUT2D eigenvalue weighted by atomic mass is 9.83. The van der Waals surface area contributed by atoms with Gasteiger partial charge < -0.3 is 10.0 Å². The molecular formula is C19H25NO3S. The molecule has 1 unspecified atom stereocenters. The van der Waals surface area contributed by atoms with Gasteiger partial charge in [0, 0.05) is 16.3 Å². The van der Waals surface area contributed by atoms with E-state index in [1.165, 1.54) is 0 Å². The Bertz CT molecular complexity index is 704. The molecule has 24 heavy (non-hydrogen) atoms. The highest BCUT2D eigenvalue weighted by Crippen LogP contribution is 2.46. The second-order valence-electron chi connectivity index (χ2n) is 7.86. The van der Waals surface area contributed by atoms with Crippen LogP contribution < -0.4 is 0 Å². The maximum atomic E-state index is 13.0. The first-order valence-electron chi connectivity index (χ1n) is 8.58. The van der Waals surface area contributed by atoms with E-state index in [4.69, 9.17) is 0 Å². The molecule has 0 radical (unpaired) electrons. The molecule has 1 amide bonds. The highest BCUT2D eigenvalue weighted by atomic mass is 32.1. The van der Waals surface area contributed by atoms with Gasteiger partial charge in [-0.2, -0.15) is 0 Å². The van der Waals surface area contributed by atoms with Gasteiger partial charge in [-0.3, -0.25) is 9.59 Å². The molecule has 0 bridgehead atoms. The Labute approximate surface area is 147 Å². The Morgan fingerprint density at radius 1 is 1.29 bits per heavy atom. The van der Waals surface area contributed by atoms with E-state index in [-0.39, 0.29) is 29.1 Å².